The first-order valence-electron chi connectivity index (χ1n) is 8.27. The van der Waals surface area contributed by atoms with E-state index in [4.69, 9.17) is 11.6 Å². The summed E-state index contributed by atoms with van der Waals surface area (Å²) in [6.07, 6.45) is 7.41. The Morgan fingerprint density at radius 2 is 1.90 bits per heavy atom. The van der Waals surface area contributed by atoms with Crippen LogP contribution in [0.4, 0.5) is 0 Å². The maximum Gasteiger partial charge on any atom is 0.0863 e. The van der Waals surface area contributed by atoms with E-state index < -0.39 is 5.60 Å². The highest BCUT2D eigenvalue weighted by atomic mass is 35.5. The molecule has 5 heteroatoms. The molecule has 0 bridgehead atoms. The van der Waals surface area contributed by atoms with Crippen LogP contribution in [0.2, 0.25) is 5.02 Å². The zero-order valence-electron chi connectivity index (χ0n) is 13.3. The van der Waals surface area contributed by atoms with E-state index in [1.807, 2.05) is 4.68 Å². The zero-order valence-corrected chi connectivity index (χ0v) is 14.0. The quantitative estimate of drug-likeness (QED) is 0.792. The van der Waals surface area contributed by atoms with Crippen molar-refractivity contribution in [1.29, 1.82) is 0 Å². The van der Waals surface area contributed by atoms with Gasteiger partial charge in [-0.15, -0.1) is 0 Å². The van der Waals surface area contributed by atoms with Crippen LogP contribution in [0.1, 0.15) is 63.8 Å². The van der Waals surface area contributed by atoms with Crippen LogP contribution >= 0.6 is 11.6 Å². The Kier molecular flexibility index (Phi) is 6.08. The second-order valence-corrected chi connectivity index (χ2v) is 6.50. The summed E-state index contributed by atoms with van der Waals surface area (Å²) in [4.78, 5) is 0. The van der Waals surface area contributed by atoms with Gasteiger partial charge in [0.15, 0.2) is 0 Å². The summed E-state index contributed by atoms with van der Waals surface area (Å²) in [5.41, 5.74) is 1.45. The molecule has 120 valence electrons. The SMILES string of the molecule is CCc1nn(CC)c(CNCC2(O)CCCCCC2)c1Cl. The van der Waals surface area contributed by atoms with E-state index in [-0.39, 0.29) is 0 Å². The van der Waals surface area contributed by atoms with E-state index in [0.29, 0.717) is 13.1 Å². The van der Waals surface area contributed by atoms with Crippen LogP contribution < -0.4 is 5.32 Å². The van der Waals surface area contributed by atoms with E-state index in [1.54, 1.807) is 0 Å². The number of nitrogens with one attached hydrogen (secondary N) is 1. The van der Waals surface area contributed by atoms with Gasteiger partial charge in [0.25, 0.3) is 0 Å². The molecule has 1 aromatic heterocycles. The zero-order chi connectivity index (χ0) is 15.3. The minimum Gasteiger partial charge on any atom is -0.389 e. The Labute approximate surface area is 132 Å². The van der Waals surface area contributed by atoms with Gasteiger partial charge in [-0.2, -0.15) is 5.10 Å². The maximum atomic E-state index is 10.7. The van der Waals surface area contributed by atoms with Gasteiger partial charge >= 0.3 is 0 Å². The molecule has 2 rings (SSSR count). The van der Waals surface area contributed by atoms with Crippen molar-refractivity contribution in [2.24, 2.45) is 0 Å². The highest BCUT2D eigenvalue weighted by Crippen LogP contribution is 2.27. The van der Waals surface area contributed by atoms with Gasteiger partial charge in [0, 0.05) is 19.6 Å². The summed E-state index contributed by atoms with van der Waals surface area (Å²) in [6, 6.07) is 0. The highest BCUT2D eigenvalue weighted by molar-refractivity contribution is 6.31. The van der Waals surface area contributed by atoms with E-state index in [2.05, 4.69) is 24.3 Å². The van der Waals surface area contributed by atoms with Gasteiger partial charge in [0.2, 0.25) is 0 Å². The fraction of sp³-hybridized carbons (Fsp3) is 0.812. The van der Waals surface area contributed by atoms with Crippen molar-refractivity contribution in [2.45, 2.75) is 77.5 Å². The third-order valence-corrected chi connectivity index (χ3v) is 4.91. The molecule has 1 aliphatic carbocycles. The normalized spacial score (nSPS) is 18.7. The fourth-order valence-corrected chi connectivity index (χ4v) is 3.50. The first-order valence-corrected chi connectivity index (χ1v) is 8.64. The molecule has 1 fully saturated rings. The molecule has 0 radical (unpaired) electrons. The summed E-state index contributed by atoms with van der Waals surface area (Å²) in [5.74, 6) is 0. The smallest absolute Gasteiger partial charge is 0.0863 e. The first-order chi connectivity index (χ1) is 10.1. The fourth-order valence-electron chi connectivity index (χ4n) is 3.16. The van der Waals surface area contributed by atoms with Crippen LogP contribution in [0.25, 0.3) is 0 Å². The van der Waals surface area contributed by atoms with Gasteiger partial charge in [-0.25, -0.2) is 0 Å². The van der Waals surface area contributed by atoms with Crippen LogP contribution in [0.3, 0.4) is 0 Å². The molecule has 1 aromatic rings. The molecule has 1 heterocycles. The van der Waals surface area contributed by atoms with Gasteiger partial charge in [0.1, 0.15) is 0 Å². The molecule has 0 aromatic carbocycles. The van der Waals surface area contributed by atoms with Gasteiger partial charge in [0.05, 0.1) is 22.0 Å². The first kappa shape index (κ1) is 16.8. The molecule has 4 nitrogen and oxygen atoms in total. The monoisotopic (exact) mass is 313 g/mol. The Hall–Kier alpha value is -0.580. The van der Waals surface area contributed by atoms with Crippen LogP contribution in [-0.2, 0) is 19.5 Å². The summed E-state index contributed by atoms with van der Waals surface area (Å²) in [7, 11) is 0. The number of aliphatic hydroxyl groups is 1. The topological polar surface area (TPSA) is 50.1 Å². The molecule has 1 aliphatic rings. The predicted molar refractivity (Wildman–Crippen MR) is 86.6 cm³/mol. The van der Waals surface area contributed by atoms with E-state index in [1.165, 1.54) is 12.8 Å². The van der Waals surface area contributed by atoms with Crippen LogP contribution in [-0.4, -0.2) is 27.0 Å². The molecule has 21 heavy (non-hydrogen) atoms. The predicted octanol–water partition coefficient (Wildman–Crippen LogP) is 3.29. The lowest BCUT2D eigenvalue weighted by Crippen LogP contribution is -2.40. The standard InChI is InChI=1S/C16H28ClN3O/c1-3-13-15(17)14(20(4-2)19-13)11-18-12-16(21)9-7-5-6-8-10-16/h18,21H,3-12H2,1-2H3. The van der Waals surface area contributed by atoms with Crippen LogP contribution in [0, 0.1) is 0 Å². The van der Waals surface area contributed by atoms with Gasteiger partial charge in [-0.1, -0.05) is 44.2 Å². The minimum absolute atomic E-state index is 0.548. The maximum absolute atomic E-state index is 10.7. The number of rotatable bonds is 6. The molecular weight excluding hydrogens is 286 g/mol. The number of aryl methyl sites for hydroxylation is 2. The Balaban J connectivity index is 1.95. The third kappa shape index (κ3) is 4.21. The van der Waals surface area contributed by atoms with Crippen molar-refractivity contribution < 1.29 is 5.11 Å². The third-order valence-electron chi connectivity index (χ3n) is 4.47. The van der Waals surface area contributed by atoms with Gasteiger partial charge < -0.3 is 10.4 Å². The van der Waals surface area contributed by atoms with E-state index >= 15 is 0 Å². The average Bonchev–Trinajstić information content (AvgIpc) is 2.63. The van der Waals surface area contributed by atoms with Crippen molar-refractivity contribution in [3.8, 4) is 0 Å². The molecular formula is C16H28ClN3O. The number of hydrogen-bond acceptors (Lipinski definition) is 3. The highest BCUT2D eigenvalue weighted by Gasteiger charge is 2.27. The van der Waals surface area contributed by atoms with Crippen molar-refractivity contribution in [1.82, 2.24) is 15.1 Å². The van der Waals surface area contributed by atoms with Crippen molar-refractivity contribution >= 4 is 11.6 Å². The molecule has 0 saturated heterocycles. The van der Waals surface area contributed by atoms with Crippen molar-refractivity contribution in [2.75, 3.05) is 6.54 Å². The van der Waals surface area contributed by atoms with E-state index in [0.717, 1.165) is 55.1 Å². The summed E-state index contributed by atoms with van der Waals surface area (Å²) in [5, 5.41) is 19.4. The lowest BCUT2D eigenvalue weighted by molar-refractivity contribution is 0.0249. The molecule has 0 unspecified atom stereocenters. The Bertz CT molecular complexity index is 451. The molecule has 0 aliphatic heterocycles. The number of hydrogen-bond donors (Lipinski definition) is 2. The molecule has 0 amide bonds. The number of halogens is 1. The minimum atomic E-state index is -0.548. The van der Waals surface area contributed by atoms with Crippen molar-refractivity contribution in [3.05, 3.63) is 16.4 Å². The largest absolute Gasteiger partial charge is 0.389 e. The lowest BCUT2D eigenvalue weighted by Gasteiger charge is -2.27. The van der Waals surface area contributed by atoms with E-state index in [9.17, 15) is 5.11 Å². The Morgan fingerprint density at radius 1 is 1.24 bits per heavy atom. The van der Waals surface area contributed by atoms with Crippen molar-refractivity contribution in [3.63, 3.8) is 0 Å². The number of aromatic nitrogens is 2. The molecule has 2 N–H and O–H groups in total. The van der Waals surface area contributed by atoms with Gasteiger partial charge in [-0.05, 0) is 26.2 Å². The molecule has 0 atom stereocenters. The average molecular weight is 314 g/mol. The Morgan fingerprint density at radius 3 is 2.48 bits per heavy atom. The molecule has 0 spiro atoms. The van der Waals surface area contributed by atoms with Gasteiger partial charge in [-0.3, -0.25) is 4.68 Å². The second kappa shape index (κ2) is 7.61. The summed E-state index contributed by atoms with van der Waals surface area (Å²) >= 11 is 6.40. The van der Waals surface area contributed by atoms with Crippen LogP contribution in [0.15, 0.2) is 0 Å². The number of nitrogens with zero attached hydrogens (tertiary/aromatic N) is 2. The van der Waals surface area contributed by atoms with Crippen LogP contribution in [0.5, 0.6) is 0 Å². The second-order valence-electron chi connectivity index (χ2n) is 6.12. The lowest BCUT2D eigenvalue weighted by atomic mass is 9.94. The summed E-state index contributed by atoms with van der Waals surface area (Å²) in [6.45, 7) is 6.27. The molecule has 1 saturated carbocycles. The summed E-state index contributed by atoms with van der Waals surface area (Å²) < 4.78 is 1.96.